The van der Waals surface area contributed by atoms with Crippen LogP contribution in [0.1, 0.15) is 12.8 Å². The highest BCUT2D eigenvalue weighted by Crippen LogP contribution is 2.23. The van der Waals surface area contributed by atoms with E-state index in [1.54, 1.807) is 16.6 Å². The standard InChI is InChI=1S/C21H23N7O2/c1-27-19(24-25-26-27)15-7-5-11-18(13-15)22-20(29)16-8-6-12-28(14-16)21(30)23-17-9-3-2-4-10-17/h2-5,7,9-11,13,16H,6,8,12,14H2,1H3,(H,22,29)(H,23,30). The minimum absolute atomic E-state index is 0.0968. The number of amides is 3. The predicted molar refractivity (Wildman–Crippen MR) is 113 cm³/mol. The normalized spacial score (nSPS) is 16.2. The van der Waals surface area contributed by atoms with Gasteiger partial charge in [0, 0.05) is 37.1 Å². The van der Waals surface area contributed by atoms with Crippen LogP contribution in [0.2, 0.25) is 0 Å². The largest absolute Gasteiger partial charge is 0.326 e. The summed E-state index contributed by atoms with van der Waals surface area (Å²) >= 11 is 0. The fraction of sp³-hybridized carbons (Fsp3) is 0.286. The van der Waals surface area contributed by atoms with E-state index in [1.807, 2.05) is 54.6 Å². The van der Waals surface area contributed by atoms with Crippen LogP contribution in [0.25, 0.3) is 11.4 Å². The zero-order valence-electron chi connectivity index (χ0n) is 16.7. The van der Waals surface area contributed by atoms with Crippen molar-refractivity contribution < 1.29 is 9.59 Å². The Balaban J connectivity index is 1.39. The monoisotopic (exact) mass is 405 g/mol. The van der Waals surface area contributed by atoms with E-state index in [-0.39, 0.29) is 17.9 Å². The van der Waals surface area contributed by atoms with Gasteiger partial charge < -0.3 is 15.5 Å². The number of anilines is 2. The fourth-order valence-corrected chi connectivity index (χ4v) is 3.55. The quantitative estimate of drug-likeness (QED) is 0.694. The van der Waals surface area contributed by atoms with E-state index in [1.165, 1.54) is 0 Å². The van der Waals surface area contributed by atoms with Gasteiger partial charge in [-0.05, 0) is 47.5 Å². The Bertz CT molecular complexity index is 1030. The molecule has 1 fully saturated rings. The maximum Gasteiger partial charge on any atom is 0.321 e. The first-order valence-electron chi connectivity index (χ1n) is 9.85. The number of piperidine rings is 1. The molecular weight excluding hydrogens is 382 g/mol. The van der Waals surface area contributed by atoms with Gasteiger partial charge in [0.2, 0.25) is 5.91 Å². The van der Waals surface area contributed by atoms with Crippen LogP contribution in [0.15, 0.2) is 54.6 Å². The second-order valence-corrected chi connectivity index (χ2v) is 7.28. The number of hydrogen-bond donors (Lipinski definition) is 2. The number of benzene rings is 2. The number of rotatable bonds is 4. The topological polar surface area (TPSA) is 105 Å². The van der Waals surface area contributed by atoms with E-state index in [0.29, 0.717) is 24.6 Å². The van der Waals surface area contributed by atoms with Crippen LogP contribution in [0.4, 0.5) is 16.2 Å². The lowest BCUT2D eigenvalue weighted by molar-refractivity contribution is -0.121. The molecule has 2 aromatic carbocycles. The highest BCUT2D eigenvalue weighted by atomic mass is 16.2. The third-order valence-corrected chi connectivity index (χ3v) is 5.11. The number of nitrogens with zero attached hydrogens (tertiary/aromatic N) is 5. The maximum absolute atomic E-state index is 12.8. The van der Waals surface area contributed by atoms with Crippen LogP contribution in [-0.2, 0) is 11.8 Å². The molecule has 1 atom stereocenters. The third-order valence-electron chi connectivity index (χ3n) is 5.11. The van der Waals surface area contributed by atoms with E-state index in [2.05, 4.69) is 26.2 Å². The van der Waals surface area contributed by atoms with E-state index in [0.717, 1.165) is 24.1 Å². The van der Waals surface area contributed by atoms with Gasteiger partial charge in [0.25, 0.3) is 0 Å². The van der Waals surface area contributed by atoms with E-state index >= 15 is 0 Å². The van der Waals surface area contributed by atoms with Crippen molar-refractivity contribution in [2.45, 2.75) is 12.8 Å². The summed E-state index contributed by atoms with van der Waals surface area (Å²) in [4.78, 5) is 27.1. The summed E-state index contributed by atoms with van der Waals surface area (Å²) < 4.78 is 1.57. The molecule has 2 N–H and O–H groups in total. The molecule has 30 heavy (non-hydrogen) atoms. The summed E-state index contributed by atoms with van der Waals surface area (Å²) in [6.07, 6.45) is 1.53. The summed E-state index contributed by atoms with van der Waals surface area (Å²) in [6.45, 7) is 1.02. The summed E-state index contributed by atoms with van der Waals surface area (Å²) in [5.74, 6) is 0.258. The molecule has 9 heteroatoms. The molecule has 1 aliphatic heterocycles. The molecule has 1 unspecified atom stereocenters. The van der Waals surface area contributed by atoms with Gasteiger partial charge in [-0.25, -0.2) is 9.48 Å². The van der Waals surface area contributed by atoms with Crippen LogP contribution >= 0.6 is 0 Å². The molecule has 4 rings (SSSR count). The number of tetrazole rings is 1. The number of para-hydroxylation sites is 1. The van der Waals surface area contributed by atoms with Crippen molar-refractivity contribution in [2.24, 2.45) is 13.0 Å². The Morgan fingerprint density at radius 1 is 1.03 bits per heavy atom. The number of aryl methyl sites for hydroxylation is 1. The summed E-state index contributed by atoms with van der Waals surface area (Å²) in [7, 11) is 1.76. The molecule has 3 aromatic rings. The highest BCUT2D eigenvalue weighted by Gasteiger charge is 2.28. The highest BCUT2D eigenvalue weighted by molar-refractivity contribution is 5.94. The Labute approximate surface area is 174 Å². The predicted octanol–water partition coefficient (Wildman–Crippen LogP) is 2.76. The van der Waals surface area contributed by atoms with Crippen LogP contribution in [0, 0.1) is 5.92 Å². The molecule has 9 nitrogen and oxygen atoms in total. The van der Waals surface area contributed by atoms with Gasteiger partial charge in [-0.1, -0.05) is 30.3 Å². The van der Waals surface area contributed by atoms with Crippen molar-refractivity contribution in [1.29, 1.82) is 0 Å². The van der Waals surface area contributed by atoms with Crippen molar-refractivity contribution >= 4 is 23.3 Å². The molecule has 0 spiro atoms. The number of aromatic nitrogens is 4. The molecule has 0 aliphatic carbocycles. The minimum Gasteiger partial charge on any atom is -0.326 e. The third kappa shape index (κ3) is 4.45. The maximum atomic E-state index is 12.8. The number of carbonyl (C=O) groups excluding carboxylic acids is 2. The molecule has 3 amide bonds. The first-order chi connectivity index (χ1) is 14.6. The Kier molecular flexibility index (Phi) is 5.69. The van der Waals surface area contributed by atoms with Gasteiger partial charge >= 0.3 is 6.03 Å². The first kappa shape index (κ1) is 19.6. The van der Waals surface area contributed by atoms with Gasteiger partial charge in [0.15, 0.2) is 5.82 Å². The zero-order valence-corrected chi connectivity index (χ0v) is 16.7. The van der Waals surface area contributed by atoms with Gasteiger partial charge in [0.1, 0.15) is 0 Å². The summed E-state index contributed by atoms with van der Waals surface area (Å²) in [5.41, 5.74) is 2.23. The lowest BCUT2D eigenvalue weighted by Crippen LogP contribution is -2.45. The summed E-state index contributed by atoms with van der Waals surface area (Å²) in [6, 6.07) is 16.5. The van der Waals surface area contributed by atoms with Crippen molar-refractivity contribution in [2.75, 3.05) is 23.7 Å². The van der Waals surface area contributed by atoms with Gasteiger partial charge in [-0.15, -0.1) is 5.10 Å². The zero-order chi connectivity index (χ0) is 20.9. The van der Waals surface area contributed by atoms with Crippen molar-refractivity contribution in [3.63, 3.8) is 0 Å². The molecule has 0 bridgehead atoms. The van der Waals surface area contributed by atoms with E-state index < -0.39 is 0 Å². The molecule has 0 saturated carbocycles. The number of urea groups is 1. The van der Waals surface area contributed by atoms with Gasteiger partial charge in [0.05, 0.1) is 5.92 Å². The van der Waals surface area contributed by atoms with Crippen molar-refractivity contribution in [3.05, 3.63) is 54.6 Å². The number of carbonyl (C=O) groups is 2. The van der Waals surface area contributed by atoms with Crippen molar-refractivity contribution in [3.8, 4) is 11.4 Å². The second-order valence-electron chi connectivity index (χ2n) is 7.28. The minimum atomic E-state index is -0.263. The smallest absolute Gasteiger partial charge is 0.321 e. The van der Waals surface area contributed by atoms with E-state index in [9.17, 15) is 9.59 Å². The van der Waals surface area contributed by atoms with Crippen LogP contribution in [0.3, 0.4) is 0 Å². The summed E-state index contributed by atoms with van der Waals surface area (Å²) in [5, 5.41) is 17.3. The Hall–Kier alpha value is -3.75. The van der Waals surface area contributed by atoms with Gasteiger partial charge in [-0.3, -0.25) is 4.79 Å². The molecule has 1 saturated heterocycles. The van der Waals surface area contributed by atoms with E-state index in [4.69, 9.17) is 0 Å². The molecular formula is C21H23N7O2. The number of nitrogens with one attached hydrogen (secondary N) is 2. The number of likely N-dealkylation sites (tertiary alicyclic amines) is 1. The van der Waals surface area contributed by atoms with Crippen LogP contribution in [0.5, 0.6) is 0 Å². The van der Waals surface area contributed by atoms with Crippen LogP contribution in [-0.4, -0.2) is 50.1 Å². The molecule has 1 aromatic heterocycles. The average molecular weight is 405 g/mol. The average Bonchev–Trinajstić information content (AvgIpc) is 3.20. The van der Waals surface area contributed by atoms with Gasteiger partial charge in [-0.2, -0.15) is 0 Å². The van der Waals surface area contributed by atoms with Crippen LogP contribution < -0.4 is 10.6 Å². The molecule has 2 heterocycles. The Morgan fingerprint density at radius 3 is 2.60 bits per heavy atom. The molecule has 154 valence electrons. The number of hydrogen-bond acceptors (Lipinski definition) is 5. The SMILES string of the molecule is Cn1nnnc1-c1cccc(NC(=O)C2CCCN(C(=O)Nc3ccccc3)C2)c1. The lowest BCUT2D eigenvalue weighted by atomic mass is 9.97. The van der Waals surface area contributed by atoms with Crippen molar-refractivity contribution in [1.82, 2.24) is 25.1 Å². The second kappa shape index (κ2) is 8.73. The first-order valence-corrected chi connectivity index (χ1v) is 9.85. The Morgan fingerprint density at radius 2 is 1.83 bits per heavy atom. The fourth-order valence-electron chi connectivity index (χ4n) is 3.55. The molecule has 0 radical (unpaired) electrons. The lowest BCUT2D eigenvalue weighted by Gasteiger charge is -2.32. The molecule has 1 aliphatic rings.